The molecule has 0 radical (unpaired) electrons. The van der Waals surface area contributed by atoms with Gasteiger partial charge in [-0.2, -0.15) is 0 Å². The fourth-order valence-electron chi connectivity index (χ4n) is 8.72. The highest BCUT2D eigenvalue weighted by atomic mass is 16.8. The molecule has 0 bridgehead atoms. The molecule has 5 aromatic carbocycles. The zero-order valence-electron chi connectivity index (χ0n) is 38.0. The molecule has 1 unspecified atom stereocenters. The number of ether oxygens (including phenoxy) is 10. The number of rotatable bonds is 24. The van der Waals surface area contributed by atoms with Crippen molar-refractivity contribution in [2.45, 2.75) is 140 Å². The third-order valence-corrected chi connectivity index (χ3v) is 12.3. The van der Waals surface area contributed by atoms with E-state index in [1.165, 1.54) is 19.3 Å². The fraction of sp³-hybridized carbons (Fsp3) is 0.455. The minimum Gasteiger partial charge on any atom is -0.387 e. The first-order valence-corrected chi connectivity index (χ1v) is 23.8. The predicted octanol–water partition coefficient (Wildman–Crippen LogP) is 9.65. The molecule has 352 valence electrons. The Balaban J connectivity index is 1.11. The number of aliphatic hydroxyl groups excluding tert-OH is 1. The lowest BCUT2D eigenvalue weighted by Crippen LogP contribution is -2.66. The summed E-state index contributed by atoms with van der Waals surface area (Å²) in [7, 11) is 0. The van der Waals surface area contributed by atoms with Crippen molar-refractivity contribution in [1.29, 1.82) is 0 Å². The van der Waals surface area contributed by atoms with Gasteiger partial charge in [0.15, 0.2) is 18.9 Å². The summed E-state index contributed by atoms with van der Waals surface area (Å²) in [4.78, 5) is 0. The van der Waals surface area contributed by atoms with Crippen molar-refractivity contribution < 1.29 is 52.5 Å². The number of fused-ring (bicyclic) bond motifs is 1. The molecular formula is C55H66O11. The summed E-state index contributed by atoms with van der Waals surface area (Å²) >= 11 is 0. The smallest absolute Gasteiger partial charge is 0.187 e. The molecule has 0 spiro atoms. The lowest BCUT2D eigenvalue weighted by atomic mass is 9.95. The van der Waals surface area contributed by atoms with Gasteiger partial charge in [-0.05, 0) is 28.7 Å². The summed E-state index contributed by atoms with van der Waals surface area (Å²) in [5, 5.41) is 12.5. The van der Waals surface area contributed by atoms with Crippen molar-refractivity contribution in [2.75, 3.05) is 19.8 Å². The lowest BCUT2D eigenvalue weighted by Gasteiger charge is -2.50. The average Bonchev–Trinajstić information content (AvgIpc) is 3.37. The minimum absolute atomic E-state index is 0.149. The molecule has 3 saturated heterocycles. The lowest BCUT2D eigenvalue weighted by molar-refractivity contribution is -0.398. The van der Waals surface area contributed by atoms with E-state index >= 15 is 0 Å². The van der Waals surface area contributed by atoms with Crippen LogP contribution in [0, 0.1) is 0 Å². The van der Waals surface area contributed by atoms with Gasteiger partial charge in [-0.1, -0.05) is 191 Å². The van der Waals surface area contributed by atoms with E-state index in [0.29, 0.717) is 19.8 Å². The zero-order chi connectivity index (χ0) is 45.2. The quantitative estimate of drug-likeness (QED) is 0.0598. The maximum absolute atomic E-state index is 12.5. The number of hydrogen-bond donors (Lipinski definition) is 1. The van der Waals surface area contributed by atoms with Gasteiger partial charge in [0.25, 0.3) is 0 Å². The van der Waals surface area contributed by atoms with Crippen molar-refractivity contribution in [1.82, 2.24) is 0 Å². The first-order valence-electron chi connectivity index (χ1n) is 23.8. The van der Waals surface area contributed by atoms with Crippen LogP contribution in [0.2, 0.25) is 0 Å². The fourth-order valence-corrected chi connectivity index (χ4v) is 8.72. The van der Waals surface area contributed by atoms with Crippen molar-refractivity contribution >= 4 is 0 Å². The Bertz CT molecular complexity index is 2060. The zero-order valence-corrected chi connectivity index (χ0v) is 38.0. The molecule has 0 amide bonds. The number of hydrogen-bond acceptors (Lipinski definition) is 11. The SMILES string of the molecule is CCCCCCCCO[C@@H]1O[C@@H]2COC(c3ccccc3)O[C@H]2[C@H](O)[C@H]1O[C@H]1O[C@H](COCc2ccccc2)[C@@H](OCc2ccccc2)[C@H](OCc2ccccc2)[C@H]1OCc1ccccc1. The van der Waals surface area contributed by atoms with Crippen LogP contribution in [0.3, 0.4) is 0 Å². The van der Waals surface area contributed by atoms with Crippen LogP contribution in [0.4, 0.5) is 0 Å². The second kappa shape index (κ2) is 25.7. The Morgan fingerprint density at radius 3 is 1.61 bits per heavy atom. The topological polar surface area (TPSA) is 113 Å². The number of benzene rings is 5. The van der Waals surface area contributed by atoms with Crippen LogP contribution in [0.25, 0.3) is 0 Å². The first kappa shape index (κ1) is 48.1. The van der Waals surface area contributed by atoms with E-state index < -0.39 is 67.7 Å². The summed E-state index contributed by atoms with van der Waals surface area (Å²) in [5.74, 6) is 0. The Hall–Kier alpha value is -4.34. The van der Waals surface area contributed by atoms with Gasteiger partial charge in [-0.15, -0.1) is 0 Å². The maximum atomic E-state index is 12.5. The Kier molecular flexibility index (Phi) is 18.7. The van der Waals surface area contributed by atoms with E-state index in [9.17, 15) is 5.11 Å². The summed E-state index contributed by atoms with van der Waals surface area (Å²) in [5.41, 5.74) is 4.80. The molecule has 11 nitrogen and oxygen atoms in total. The Labute approximate surface area is 390 Å². The van der Waals surface area contributed by atoms with Crippen molar-refractivity contribution in [2.24, 2.45) is 0 Å². The normalized spacial score (nSPS) is 27.6. The summed E-state index contributed by atoms with van der Waals surface area (Å²) in [6.07, 6.45) is -2.86. The van der Waals surface area contributed by atoms with E-state index in [0.717, 1.165) is 47.1 Å². The highest BCUT2D eigenvalue weighted by molar-refractivity contribution is 5.18. The van der Waals surface area contributed by atoms with Gasteiger partial charge in [0, 0.05) is 12.2 Å². The second-order valence-electron chi connectivity index (χ2n) is 17.3. The first-order chi connectivity index (χ1) is 32.6. The van der Waals surface area contributed by atoms with E-state index in [2.05, 4.69) is 6.92 Å². The van der Waals surface area contributed by atoms with Crippen LogP contribution in [0.15, 0.2) is 152 Å². The molecule has 5 aromatic rings. The van der Waals surface area contributed by atoms with Crippen LogP contribution in [0.5, 0.6) is 0 Å². The van der Waals surface area contributed by atoms with E-state index in [-0.39, 0.29) is 26.4 Å². The molecular weight excluding hydrogens is 837 g/mol. The highest BCUT2D eigenvalue weighted by Gasteiger charge is 2.55. The molecule has 3 fully saturated rings. The molecule has 8 rings (SSSR count). The van der Waals surface area contributed by atoms with Crippen molar-refractivity contribution in [3.63, 3.8) is 0 Å². The molecule has 11 heteroatoms. The van der Waals surface area contributed by atoms with Crippen LogP contribution in [-0.4, -0.2) is 86.3 Å². The van der Waals surface area contributed by atoms with E-state index in [4.69, 9.17) is 47.4 Å². The van der Waals surface area contributed by atoms with E-state index in [1.807, 2.05) is 152 Å². The van der Waals surface area contributed by atoms with Gasteiger partial charge in [-0.25, -0.2) is 0 Å². The van der Waals surface area contributed by atoms with Crippen LogP contribution >= 0.6 is 0 Å². The molecule has 3 aliphatic rings. The van der Waals surface area contributed by atoms with Crippen LogP contribution in [-0.2, 0) is 73.8 Å². The molecule has 0 aliphatic carbocycles. The Morgan fingerprint density at radius 1 is 0.500 bits per heavy atom. The van der Waals surface area contributed by atoms with Gasteiger partial charge in [-0.3, -0.25) is 0 Å². The number of aliphatic hydroxyl groups is 1. The molecule has 1 N–H and O–H groups in total. The molecule has 66 heavy (non-hydrogen) atoms. The average molecular weight is 903 g/mol. The third-order valence-electron chi connectivity index (χ3n) is 12.3. The molecule has 0 saturated carbocycles. The second-order valence-corrected chi connectivity index (χ2v) is 17.3. The van der Waals surface area contributed by atoms with Crippen molar-refractivity contribution in [3.8, 4) is 0 Å². The van der Waals surface area contributed by atoms with Gasteiger partial charge in [0.2, 0.25) is 0 Å². The number of unbranched alkanes of at least 4 members (excludes halogenated alkanes) is 5. The van der Waals surface area contributed by atoms with Gasteiger partial charge >= 0.3 is 0 Å². The van der Waals surface area contributed by atoms with Gasteiger partial charge in [0.1, 0.15) is 48.8 Å². The predicted molar refractivity (Wildman–Crippen MR) is 249 cm³/mol. The Morgan fingerprint density at radius 2 is 1.02 bits per heavy atom. The molecule has 3 aliphatic heterocycles. The molecule has 3 heterocycles. The monoisotopic (exact) mass is 902 g/mol. The van der Waals surface area contributed by atoms with Crippen LogP contribution < -0.4 is 0 Å². The summed E-state index contributed by atoms with van der Waals surface area (Å²) in [6, 6.07) is 49.7. The summed E-state index contributed by atoms with van der Waals surface area (Å²) < 4.78 is 67.2. The molecule has 11 atom stereocenters. The minimum atomic E-state index is -1.20. The van der Waals surface area contributed by atoms with Crippen molar-refractivity contribution in [3.05, 3.63) is 179 Å². The van der Waals surface area contributed by atoms with Crippen LogP contribution in [0.1, 0.15) is 79.6 Å². The summed E-state index contributed by atoms with van der Waals surface area (Å²) in [6.45, 7) is 4.13. The third kappa shape index (κ3) is 13.6. The molecule has 0 aromatic heterocycles. The van der Waals surface area contributed by atoms with Gasteiger partial charge < -0.3 is 52.5 Å². The van der Waals surface area contributed by atoms with Gasteiger partial charge in [0.05, 0.1) is 39.6 Å². The maximum Gasteiger partial charge on any atom is 0.187 e. The standard InChI is InChI=1S/C55H66O11/c1-2-3-4-5-6-22-33-58-54-50(47(56)48-46(63-54)39-62-53(65-48)44-31-20-11-21-32-44)66-55-52(61-37-43-29-18-10-19-30-43)51(60-36-42-27-16-9-17-28-42)49(59-35-41-25-14-8-15-26-41)45(64-55)38-57-34-40-23-12-7-13-24-40/h7-21,23-32,45-56H,2-6,22,33-39H2,1H3/t45-,46-,47+,48-,49-,50-,51+,52-,53?,54-,55-/m1/s1. The largest absolute Gasteiger partial charge is 0.387 e. The highest BCUT2D eigenvalue weighted by Crippen LogP contribution is 2.38. The van der Waals surface area contributed by atoms with E-state index in [1.54, 1.807) is 0 Å².